The number of ether oxygens (including phenoxy) is 1. The maximum atomic E-state index is 12.6. The number of hydrogen-bond donors (Lipinski definition) is 1. The van der Waals surface area contributed by atoms with E-state index in [0.29, 0.717) is 24.4 Å². The van der Waals surface area contributed by atoms with Gasteiger partial charge in [-0.3, -0.25) is 4.79 Å². The summed E-state index contributed by atoms with van der Waals surface area (Å²) < 4.78 is 5.89. The minimum atomic E-state index is -0.483. The van der Waals surface area contributed by atoms with Crippen LogP contribution in [-0.2, 0) is 11.2 Å². The Balaban J connectivity index is 1.91. The van der Waals surface area contributed by atoms with E-state index in [9.17, 15) is 4.79 Å². The molecule has 0 spiro atoms. The molecule has 0 radical (unpaired) electrons. The van der Waals surface area contributed by atoms with Crippen molar-refractivity contribution in [2.75, 3.05) is 17.2 Å². The predicted molar refractivity (Wildman–Crippen MR) is 83.4 cm³/mol. The third kappa shape index (κ3) is 2.57. The van der Waals surface area contributed by atoms with Crippen molar-refractivity contribution in [3.05, 3.63) is 54.1 Å². The van der Waals surface area contributed by atoms with Gasteiger partial charge >= 0.3 is 0 Å². The normalized spacial score (nSPS) is 17.3. The minimum Gasteiger partial charge on any atom is -0.478 e. The predicted octanol–water partition coefficient (Wildman–Crippen LogP) is 2.63. The highest BCUT2D eigenvalue weighted by molar-refractivity contribution is 6.00. The smallest absolute Gasteiger partial charge is 0.268 e. The van der Waals surface area contributed by atoms with Crippen LogP contribution in [0.25, 0.3) is 0 Å². The van der Waals surface area contributed by atoms with E-state index in [4.69, 9.17) is 10.5 Å². The monoisotopic (exact) mass is 282 g/mol. The van der Waals surface area contributed by atoms with Gasteiger partial charge in [-0.15, -0.1) is 0 Å². The molecule has 1 unspecified atom stereocenters. The first-order valence-electron chi connectivity index (χ1n) is 7.10. The van der Waals surface area contributed by atoms with Gasteiger partial charge in [0.1, 0.15) is 5.75 Å². The Labute approximate surface area is 124 Å². The molecule has 4 heteroatoms. The standard InChI is InChI=1S/C17H18N2O2/c1-2-19-14-11-13(18)8-9-15(14)21-16(17(19)20)10-12-6-4-3-5-7-12/h3-9,11,16H,2,10,18H2,1H3. The van der Waals surface area contributed by atoms with Gasteiger partial charge in [0.2, 0.25) is 0 Å². The van der Waals surface area contributed by atoms with Crippen LogP contribution in [0.1, 0.15) is 12.5 Å². The molecule has 3 rings (SSSR count). The SMILES string of the molecule is CCN1C(=O)C(Cc2ccccc2)Oc2ccc(N)cc21. The molecule has 1 atom stereocenters. The molecule has 1 aliphatic heterocycles. The Morgan fingerprint density at radius 3 is 2.67 bits per heavy atom. The molecule has 2 aromatic rings. The lowest BCUT2D eigenvalue weighted by Gasteiger charge is -2.34. The summed E-state index contributed by atoms with van der Waals surface area (Å²) >= 11 is 0. The Kier molecular flexibility index (Phi) is 3.52. The van der Waals surface area contributed by atoms with Crippen LogP contribution in [0.5, 0.6) is 5.75 Å². The molecule has 1 amide bonds. The van der Waals surface area contributed by atoms with Crippen molar-refractivity contribution in [3.8, 4) is 5.75 Å². The van der Waals surface area contributed by atoms with Crippen LogP contribution < -0.4 is 15.4 Å². The average Bonchev–Trinajstić information content (AvgIpc) is 2.50. The van der Waals surface area contributed by atoms with E-state index in [1.165, 1.54) is 0 Å². The molecule has 0 bridgehead atoms. The van der Waals surface area contributed by atoms with Gasteiger partial charge in [-0.2, -0.15) is 0 Å². The number of rotatable bonds is 3. The topological polar surface area (TPSA) is 55.6 Å². The van der Waals surface area contributed by atoms with E-state index < -0.39 is 6.10 Å². The first-order chi connectivity index (χ1) is 10.2. The van der Waals surface area contributed by atoms with E-state index >= 15 is 0 Å². The van der Waals surface area contributed by atoms with Crippen LogP contribution >= 0.6 is 0 Å². The number of anilines is 2. The zero-order valence-corrected chi connectivity index (χ0v) is 12.0. The molecule has 0 aromatic heterocycles. The molecule has 2 aromatic carbocycles. The molecular weight excluding hydrogens is 264 g/mol. The van der Waals surface area contributed by atoms with Crippen LogP contribution in [0.2, 0.25) is 0 Å². The summed E-state index contributed by atoms with van der Waals surface area (Å²) in [4.78, 5) is 14.3. The average molecular weight is 282 g/mol. The van der Waals surface area contributed by atoms with E-state index in [1.54, 1.807) is 17.0 Å². The van der Waals surface area contributed by atoms with E-state index in [0.717, 1.165) is 11.3 Å². The number of carbonyl (C=O) groups excluding carboxylic acids is 1. The van der Waals surface area contributed by atoms with Crippen molar-refractivity contribution in [3.63, 3.8) is 0 Å². The maximum Gasteiger partial charge on any atom is 0.268 e. The van der Waals surface area contributed by atoms with Crippen LogP contribution in [-0.4, -0.2) is 18.6 Å². The van der Waals surface area contributed by atoms with Crippen LogP contribution in [0.4, 0.5) is 11.4 Å². The van der Waals surface area contributed by atoms with Crippen LogP contribution in [0.15, 0.2) is 48.5 Å². The van der Waals surface area contributed by atoms with E-state index in [-0.39, 0.29) is 5.91 Å². The quantitative estimate of drug-likeness (QED) is 0.880. The van der Waals surface area contributed by atoms with Gasteiger partial charge < -0.3 is 15.4 Å². The molecule has 0 fully saturated rings. The largest absolute Gasteiger partial charge is 0.478 e. The van der Waals surface area contributed by atoms with Crippen molar-refractivity contribution < 1.29 is 9.53 Å². The van der Waals surface area contributed by atoms with Gasteiger partial charge in [0.15, 0.2) is 6.10 Å². The second-order valence-electron chi connectivity index (χ2n) is 5.11. The molecule has 21 heavy (non-hydrogen) atoms. The number of fused-ring (bicyclic) bond motifs is 1. The lowest BCUT2D eigenvalue weighted by atomic mass is 10.0. The van der Waals surface area contributed by atoms with Gasteiger partial charge in [-0.05, 0) is 30.7 Å². The summed E-state index contributed by atoms with van der Waals surface area (Å²) in [6, 6.07) is 15.3. The fourth-order valence-electron chi connectivity index (χ4n) is 2.62. The summed E-state index contributed by atoms with van der Waals surface area (Å²) in [5.41, 5.74) is 8.28. The van der Waals surface area contributed by atoms with Gasteiger partial charge in [0, 0.05) is 18.7 Å². The number of nitrogens with zero attached hydrogens (tertiary/aromatic N) is 1. The molecule has 2 N–H and O–H groups in total. The summed E-state index contributed by atoms with van der Waals surface area (Å²) in [6.45, 7) is 2.56. The van der Waals surface area contributed by atoms with Crippen molar-refractivity contribution in [1.29, 1.82) is 0 Å². The van der Waals surface area contributed by atoms with Crippen molar-refractivity contribution >= 4 is 17.3 Å². The highest BCUT2D eigenvalue weighted by Gasteiger charge is 2.33. The minimum absolute atomic E-state index is 0.0144. The number of hydrogen-bond acceptors (Lipinski definition) is 3. The summed E-state index contributed by atoms with van der Waals surface area (Å²) in [6.07, 6.45) is 0.0865. The van der Waals surface area contributed by atoms with Gasteiger partial charge in [-0.1, -0.05) is 30.3 Å². The van der Waals surface area contributed by atoms with E-state index in [2.05, 4.69) is 0 Å². The zero-order valence-electron chi connectivity index (χ0n) is 12.0. The molecule has 4 nitrogen and oxygen atoms in total. The van der Waals surface area contributed by atoms with Crippen molar-refractivity contribution in [2.45, 2.75) is 19.4 Å². The van der Waals surface area contributed by atoms with Crippen molar-refractivity contribution in [1.82, 2.24) is 0 Å². The van der Waals surface area contributed by atoms with Gasteiger partial charge in [-0.25, -0.2) is 0 Å². The third-order valence-electron chi connectivity index (χ3n) is 3.66. The van der Waals surface area contributed by atoms with E-state index in [1.807, 2.05) is 43.3 Å². The van der Waals surface area contributed by atoms with Crippen molar-refractivity contribution in [2.24, 2.45) is 0 Å². The summed E-state index contributed by atoms with van der Waals surface area (Å²) in [5.74, 6) is 0.700. The molecule has 0 aliphatic carbocycles. The lowest BCUT2D eigenvalue weighted by molar-refractivity contribution is -0.126. The Hall–Kier alpha value is -2.49. The fourth-order valence-corrected chi connectivity index (χ4v) is 2.62. The first-order valence-corrected chi connectivity index (χ1v) is 7.10. The molecule has 0 saturated carbocycles. The molecule has 108 valence electrons. The second-order valence-corrected chi connectivity index (χ2v) is 5.11. The fraction of sp³-hybridized carbons (Fsp3) is 0.235. The summed E-state index contributed by atoms with van der Waals surface area (Å²) in [5, 5.41) is 0. The number of carbonyl (C=O) groups is 1. The molecule has 1 aliphatic rings. The van der Waals surface area contributed by atoms with Crippen LogP contribution in [0.3, 0.4) is 0 Å². The Bertz CT molecular complexity index is 655. The third-order valence-corrected chi connectivity index (χ3v) is 3.66. The Morgan fingerprint density at radius 2 is 1.95 bits per heavy atom. The number of nitrogen functional groups attached to an aromatic ring is 1. The maximum absolute atomic E-state index is 12.6. The number of amides is 1. The molecule has 0 saturated heterocycles. The van der Waals surface area contributed by atoms with Gasteiger partial charge in [0.25, 0.3) is 5.91 Å². The van der Waals surface area contributed by atoms with Gasteiger partial charge in [0.05, 0.1) is 5.69 Å². The number of nitrogens with two attached hydrogens (primary N) is 1. The highest BCUT2D eigenvalue weighted by Crippen LogP contribution is 2.36. The summed E-state index contributed by atoms with van der Waals surface area (Å²) in [7, 11) is 0. The van der Waals surface area contributed by atoms with Crippen LogP contribution in [0, 0.1) is 0 Å². The highest BCUT2D eigenvalue weighted by atomic mass is 16.5. The molecule has 1 heterocycles. The zero-order chi connectivity index (χ0) is 14.8. The first kappa shape index (κ1) is 13.5. The number of likely N-dealkylation sites (N-methyl/N-ethyl adjacent to an activating group) is 1. The number of benzene rings is 2. The Morgan fingerprint density at radius 1 is 1.19 bits per heavy atom. The second kappa shape index (κ2) is 5.48. The molecular formula is C17H18N2O2. The lowest BCUT2D eigenvalue weighted by Crippen LogP contribution is -2.46.